The van der Waals surface area contributed by atoms with Crippen LogP contribution in [0.15, 0.2) is 41.5 Å². The van der Waals surface area contributed by atoms with Gasteiger partial charge in [-0.25, -0.2) is 0 Å². The summed E-state index contributed by atoms with van der Waals surface area (Å²) in [7, 11) is 0. The molecule has 2 aromatic heterocycles. The van der Waals surface area contributed by atoms with Gasteiger partial charge in [-0.15, -0.1) is 0 Å². The molecule has 72 valence electrons. The van der Waals surface area contributed by atoms with Gasteiger partial charge in [-0.05, 0) is 12.1 Å². The molecule has 2 aromatic rings. The number of rotatable bonds is 3. The summed E-state index contributed by atoms with van der Waals surface area (Å²) in [6.45, 7) is 0.695. The van der Waals surface area contributed by atoms with Crippen molar-refractivity contribution >= 4 is 17.3 Å². The summed E-state index contributed by atoms with van der Waals surface area (Å²) in [6, 6.07) is 3.74. The maximum Gasteiger partial charge on any atom is 0.0952 e. The second-order valence-corrected chi connectivity index (χ2v) is 3.25. The molecule has 0 spiro atoms. The zero-order chi connectivity index (χ0) is 9.80. The van der Waals surface area contributed by atoms with E-state index in [1.54, 1.807) is 24.9 Å². The zero-order valence-electron chi connectivity index (χ0n) is 7.40. The van der Waals surface area contributed by atoms with E-state index in [1.807, 2.05) is 12.1 Å². The Morgan fingerprint density at radius 2 is 2.36 bits per heavy atom. The Labute approximate surface area is 86.7 Å². The normalized spacial score (nSPS) is 10.1. The number of nitrogens with zero attached hydrogens (tertiary/aromatic N) is 1. The molecule has 3 nitrogen and oxygen atoms in total. The van der Waals surface area contributed by atoms with E-state index in [0.717, 1.165) is 11.3 Å². The topological polar surface area (TPSA) is 38.1 Å². The van der Waals surface area contributed by atoms with Crippen LogP contribution in [0.3, 0.4) is 0 Å². The summed E-state index contributed by atoms with van der Waals surface area (Å²) >= 11 is 5.92. The molecule has 0 saturated carbocycles. The Bertz CT molecular complexity index is 400. The minimum Gasteiger partial charge on any atom is -0.472 e. The van der Waals surface area contributed by atoms with Crippen molar-refractivity contribution in [2.24, 2.45) is 0 Å². The summed E-state index contributed by atoms with van der Waals surface area (Å²) in [5.74, 6) is 0. The first kappa shape index (κ1) is 9.09. The van der Waals surface area contributed by atoms with Gasteiger partial charge in [0, 0.05) is 24.5 Å². The van der Waals surface area contributed by atoms with E-state index in [0.29, 0.717) is 11.6 Å². The van der Waals surface area contributed by atoms with Crippen LogP contribution < -0.4 is 5.32 Å². The molecule has 0 aliphatic heterocycles. The highest BCUT2D eigenvalue weighted by molar-refractivity contribution is 6.33. The van der Waals surface area contributed by atoms with Crippen molar-refractivity contribution < 1.29 is 4.42 Å². The molecule has 0 fully saturated rings. The Kier molecular flexibility index (Phi) is 2.70. The molecule has 4 heteroatoms. The van der Waals surface area contributed by atoms with E-state index in [4.69, 9.17) is 16.0 Å². The molecule has 0 aromatic carbocycles. The van der Waals surface area contributed by atoms with Crippen LogP contribution >= 0.6 is 11.6 Å². The first-order valence-electron chi connectivity index (χ1n) is 4.21. The van der Waals surface area contributed by atoms with Crippen molar-refractivity contribution in [1.82, 2.24) is 4.98 Å². The lowest BCUT2D eigenvalue weighted by Gasteiger charge is -2.05. The Hall–Kier alpha value is -1.48. The summed E-state index contributed by atoms with van der Waals surface area (Å²) in [4.78, 5) is 3.90. The van der Waals surface area contributed by atoms with Gasteiger partial charge in [-0.2, -0.15) is 0 Å². The second-order valence-electron chi connectivity index (χ2n) is 2.84. The van der Waals surface area contributed by atoms with Gasteiger partial charge in [-0.3, -0.25) is 4.98 Å². The summed E-state index contributed by atoms with van der Waals surface area (Å²) < 4.78 is 4.95. The number of halogens is 1. The molecule has 0 unspecified atom stereocenters. The molecule has 2 rings (SSSR count). The summed E-state index contributed by atoms with van der Waals surface area (Å²) in [5.41, 5.74) is 1.96. The first-order valence-corrected chi connectivity index (χ1v) is 4.58. The maximum absolute atomic E-state index is 5.92. The van der Waals surface area contributed by atoms with Crippen LogP contribution in [0.4, 0.5) is 5.69 Å². The van der Waals surface area contributed by atoms with E-state index in [1.165, 1.54) is 0 Å². The van der Waals surface area contributed by atoms with Crippen molar-refractivity contribution in [3.05, 3.63) is 47.6 Å². The van der Waals surface area contributed by atoms with Crippen LogP contribution in [0.2, 0.25) is 5.02 Å². The van der Waals surface area contributed by atoms with Crippen molar-refractivity contribution in [3.63, 3.8) is 0 Å². The lowest BCUT2D eigenvalue weighted by atomic mass is 10.3. The molecule has 1 N–H and O–H groups in total. The molecule has 0 saturated heterocycles. The van der Waals surface area contributed by atoms with Crippen molar-refractivity contribution in [3.8, 4) is 0 Å². The fourth-order valence-electron chi connectivity index (χ4n) is 1.11. The smallest absolute Gasteiger partial charge is 0.0952 e. The molecule has 0 amide bonds. The van der Waals surface area contributed by atoms with Gasteiger partial charge >= 0.3 is 0 Å². The van der Waals surface area contributed by atoms with Gasteiger partial charge in [0.25, 0.3) is 0 Å². The SMILES string of the molecule is Clc1cnccc1NCc1ccoc1. The Morgan fingerprint density at radius 3 is 3.07 bits per heavy atom. The molecule has 2 heterocycles. The van der Waals surface area contributed by atoms with Crippen molar-refractivity contribution in [1.29, 1.82) is 0 Å². The third-order valence-electron chi connectivity index (χ3n) is 1.84. The van der Waals surface area contributed by atoms with Gasteiger partial charge < -0.3 is 9.73 Å². The number of hydrogen-bond donors (Lipinski definition) is 1. The number of nitrogens with one attached hydrogen (secondary N) is 1. The maximum atomic E-state index is 5.92. The number of aromatic nitrogens is 1. The lowest BCUT2D eigenvalue weighted by Crippen LogP contribution is -1.98. The van der Waals surface area contributed by atoms with E-state index in [-0.39, 0.29) is 0 Å². The van der Waals surface area contributed by atoms with Gasteiger partial charge in [-0.1, -0.05) is 11.6 Å². The predicted octanol–water partition coefficient (Wildman–Crippen LogP) is 2.94. The van der Waals surface area contributed by atoms with Crippen LogP contribution in [-0.4, -0.2) is 4.98 Å². The molecular formula is C10H9ClN2O. The predicted molar refractivity (Wildman–Crippen MR) is 55.3 cm³/mol. The fourth-order valence-corrected chi connectivity index (χ4v) is 1.30. The highest BCUT2D eigenvalue weighted by Crippen LogP contribution is 2.19. The molecule has 0 bridgehead atoms. The van der Waals surface area contributed by atoms with Crippen LogP contribution in [0.5, 0.6) is 0 Å². The van der Waals surface area contributed by atoms with Gasteiger partial charge in [0.1, 0.15) is 0 Å². The summed E-state index contributed by atoms with van der Waals surface area (Å²) in [6.07, 6.45) is 6.65. The number of hydrogen-bond acceptors (Lipinski definition) is 3. The minimum absolute atomic E-state index is 0.621. The quantitative estimate of drug-likeness (QED) is 0.843. The zero-order valence-corrected chi connectivity index (χ0v) is 8.16. The molecule has 0 radical (unpaired) electrons. The van der Waals surface area contributed by atoms with E-state index in [2.05, 4.69) is 10.3 Å². The van der Waals surface area contributed by atoms with Crippen LogP contribution in [0.25, 0.3) is 0 Å². The van der Waals surface area contributed by atoms with Crippen LogP contribution in [-0.2, 0) is 6.54 Å². The number of furan rings is 1. The van der Waals surface area contributed by atoms with Gasteiger partial charge in [0.05, 0.1) is 23.2 Å². The molecular weight excluding hydrogens is 200 g/mol. The first-order chi connectivity index (χ1) is 6.86. The molecule has 0 aliphatic rings. The third kappa shape index (κ3) is 2.06. The Morgan fingerprint density at radius 1 is 1.43 bits per heavy atom. The van der Waals surface area contributed by atoms with Crippen LogP contribution in [0, 0.1) is 0 Å². The van der Waals surface area contributed by atoms with Crippen LogP contribution in [0.1, 0.15) is 5.56 Å². The second kappa shape index (κ2) is 4.15. The van der Waals surface area contributed by atoms with Crippen molar-refractivity contribution in [2.45, 2.75) is 6.54 Å². The largest absolute Gasteiger partial charge is 0.472 e. The van der Waals surface area contributed by atoms with Gasteiger partial charge in [0.2, 0.25) is 0 Å². The highest BCUT2D eigenvalue weighted by Gasteiger charge is 1.99. The van der Waals surface area contributed by atoms with E-state index in [9.17, 15) is 0 Å². The fraction of sp³-hybridized carbons (Fsp3) is 0.100. The average Bonchev–Trinajstić information content (AvgIpc) is 2.69. The molecule has 0 atom stereocenters. The minimum atomic E-state index is 0.621. The summed E-state index contributed by atoms with van der Waals surface area (Å²) in [5, 5.41) is 3.80. The molecule has 0 aliphatic carbocycles. The van der Waals surface area contributed by atoms with Gasteiger partial charge in [0.15, 0.2) is 0 Å². The average molecular weight is 209 g/mol. The third-order valence-corrected chi connectivity index (χ3v) is 2.14. The monoisotopic (exact) mass is 208 g/mol. The Balaban J connectivity index is 2.02. The standard InChI is InChI=1S/C10H9ClN2O/c11-9-6-12-3-1-10(9)13-5-8-2-4-14-7-8/h1-4,6-7H,5H2,(H,12,13). The number of anilines is 1. The highest BCUT2D eigenvalue weighted by atomic mass is 35.5. The lowest BCUT2D eigenvalue weighted by molar-refractivity contribution is 0.564. The van der Waals surface area contributed by atoms with Crippen molar-refractivity contribution in [2.75, 3.05) is 5.32 Å². The van der Waals surface area contributed by atoms with E-state index < -0.39 is 0 Å². The number of pyridine rings is 1. The molecule has 14 heavy (non-hydrogen) atoms. The van der Waals surface area contributed by atoms with E-state index >= 15 is 0 Å².